The Hall–Kier alpha value is -2.30. The average molecular weight is 426 g/mol. The van der Waals surface area contributed by atoms with Gasteiger partial charge in [0, 0.05) is 31.7 Å². The number of Topliss-reactive ketones (excluding diaryl/α,β-unsaturated/α-hetero) is 1. The maximum atomic E-state index is 14.3. The third-order valence-electron chi connectivity index (χ3n) is 4.50. The first kappa shape index (κ1) is 20.4. The Labute approximate surface area is 166 Å². The second kappa shape index (κ2) is 8.38. The summed E-state index contributed by atoms with van der Waals surface area (Å²) >= 11 is 1.08. The zero-order valence-electron chi connectivity index (χ0n) is 15.2. The number of carbonyl (C=O) groups is 2. The van der Waals surface area contributed by atoms with Gasteiger partial charge in [0.05, 0.1) is 12.2 Å². The molecule has 3 rings (SSSR count). The highest BCUT2D eigenvalue weighted by atomic mass is 32.2. The molecule has 0 saturated carbocycles. The van der Waals surface area contributed by atoms with Crippen molar-refractivity contribution in [2.24, 2.45) is 0 Å². The molecule has 1 amide bonds. The molecule has 1 saturated heterocycles. The lowest BCUT2D eigenvalue weighted by molar-refractivity contribution is -0.130. The summed E-state index contributed by atoms with van der Waals surface area (Å²) in [5, 5.41) is 1.65. The first-order valence-electron chi connectivity index (χ1n) is 8.64. The molecule has 0 spiro atoms. The van der Waals surface area contributed by atoms with E-state index in [1.807, 2.05) is 0 Å². The fourth-order valence-corrected chi connectivity index (χ4v) is 4.95. The number of sulfonamides is 1. The van der Waals surface area contributed by atoms with Gasteiger partial charge in [-0.25, -0.2) is 17.5 Å². The topological polar surface area (TPSA) is 86.8 Å². The Bertz CT molecular complexity index is 969. The number of nitrogens with zero attached hydrogens (tertiary/aromatic N) is 2. The second-order valence-corrected chi connectivity index (χ2v) is 9.29. The average Bonchev–Trinajstić information content (AvgIpc) is 3.22. The number of amides is 1. The van der Waals surface area contributed by atoms with Gasteiger partial charge in [-0.15, -0.1) is 11.3 Å². The number of rotatable bonds is 6. The maximum absolute atomic E-state index is 14.3. The van der Waals surface area contributed by atoms with Crippen LogP contribution in [0.1, 0.15) is 17.3 Å². The summed E-state index contributed by atoms with van der Waals surface area (Å²) in [5.41, 5.74) is 0.698. The molecule has 150 valence electrons. The minimum absolute atomic E-state index is 0.162. The normalized spacial score (nSPS) is 14.9. The summed E-state index contributed by atoms with van der Waals surface area (Å²) in [4.78, 5) is 27.0. The molecule has 1 aliphatic rings. The number of nitrogens with one attached hydrogen (secondary N) is 1. The lowest BCUT2D eigenvalue weighted by Gasteiger charge is -2.36. The molecule has 0 atom stereocenters. The number of ketones is 1. The van der Waals surface area contributed by atoms with Crippen molar-refractivity contribution in [3.05, 3.63) is 47.1 Å². The van der Waals surface area contributed by atoms with Crippen molar-refractivity contribution in [3.63, 3.8) is 0 Å². The van der Waals surface area contributed by atoms with E-state index < -0.39 is 15.8 Å². The smallest absolute Gasteiger partial charge is 0.250 e. The molecule has 1 fully saturated rings. The molecule has 0 radical (unpaired) electrons. The third kappa shape index (κ3) is 4.57. The van der Waals surface area contributed by atoms with Crippen LogP contribution >= 0.6 is 11.3 Å². The Morgan fingerprint density at radius 2 is 1.89 bits per heavy atom. The van der Waals surface area contributed by atoms with E-state index in [0.29, 0.717) is 37.4 Å². The van der Waals surface area contributed by atoms with E-state index >= 15 is 0 Å². The molecule has 10 heteroatoms. The van der Waals surface area contributed by atoms with Crippen molar-refractivity contribution < 1.29 is 22.4 Å². The van der Waals surface area contributed by atoms with Gasteiger partial charge in [0.2, 0.25) is 5.91 Å². The largest absolute Gasteiger partial charge is 0.366 e. The van der Waals surface area contributed by atoms with Crippen LogP contribution in [0.15, 0.2) is 39.9 Å². The van der Waals surface area contributed by atoms with E-state index in [1.54, 1.807) is 33.4 Å². The number of benzene rings is 1. The number of piperazine rings is 1. The summed E-state index contributed by atoms with van der Waals surface area (Å²) < 4.78 is 40.9. The van der Waals surface area contributed by atoms with E-state index in [1.165, 1.54) is 19.1 Å². The van der Waals surface area contributed by atoms with E-state index in [-0.39, 0.29) is 22.4 Å². The SMILES string of the molecule is CC(=O)c1ccc(N2CCN(C(=O)CNS(=O)(=O)c3cccs3)CC2)c(F)c1. The predicted octanol–water partition coefficient (Wildman–Crippen LogP) is 1.72. The van der Waals surface area contributed by atoms with Gasteiger partial charge >= 0.3 is 0 Å². The summed E-state index contributed by atoms with van der Waals surface area (Å²) in [6.45, 7) is 2.61. The van der Waals surface area contributed by atoms with Gasteiger partial charge in [0.1, 0.15) is 10.0 Å². The Kier molecular flexibility index (Phi) is 6.11. The molecule has 0 bridgehead atoms. The standard InChI is InChI=1S/C18H20FN3O4S2/c1-13(23)14-4-5-16(15(19)11-14)21-6-8-22(9-7-21)17(24)12-20-28(25,26)18-3-2-10-27-18/h2-5,10-11,20H,6-9,12H2,1H3. The van der Waals surface area contributed by atoms with Crippen LogP contribution < -0.4 is 9.62 Å². The molecule has 7 nitrogen and oxygen atoms in total. The monoisotopic (exact) mass is 425 g/mol. The molecular weight excluding hydrogens is 405 g/mol. The van der Waals surface area contributed by atoms with Crippen LogP contribution in [0.3, 0.4) is 0 Å². The van der Waals surface area contributed by atoms with Crippen LogP contribution in [0.5, 0.6) is 0 Å². The first-order chi connectivity index (χ1) is 13.3. The molecular formula is C18H20FN3O4S2. The number of thiophene rings is 1. The minimum Gasteiger partial charge on any atom is -0.366 e. The van der Waals surface area contributed by atoms with Gasteiger partial charge in [-0.05, 0) is 36.6 Å². The molecule has 1 aliphatic heterocycles. The van der Waals surface area contributed by atoms with Crippen molar-refractivity contribution >= 4 is 38.7 Å². The highest BCUT2D eigenvalue weighted by Gasteiger charge is 2.24. The molecule has 28 heavy (non-hydrogen) atoms. The summed E-state index contributed by atoms with van der Waals surface area (Å²) in [7, 11) is -3.69. The van der Waals surface area contributed by atoms with Gasteiger partial charge in [0.25, 0.3) is 10.0 Å². The lowest BCUT2D eigenvalue weighted by atomic mass is 10.1. The van der Waals surface area contributed by atoms with Crippen LogP contribution in [0.4, 0.5) is 10.1 Å². The molecule has 1 aromatic heterocycles. The zero-order valence-corrected chi connectivity index (χ0v) is 16.9. The second-order valence-electron chi connectivity index (χ2n) is 6.35. The Morgan fingerprint density at radius 3 is 2.46 bits per heavy atom. The molecule has 1 aromatic carbocycles. The molecule has 2 heterocycles. The first-order valence-corrected chi connectivity index (χ1v) is 11.0. The van der Waals surface area contributed by atoms with Crippen LogP contribution in [0.25, 0.3) is 0 Å². The molecule has 0 aliphatic carbocycles. The van der Waals surface area contributed by atoms with Crippen LogP contribution in [0, 0.1) is 5.82 Å². The fraction of sp³-hybridized carbons (Fsp3) is 0.333. The summed E-state index contributed by atoms with van der Waals surface area (Å²) in [6, 6.07) is 7.47. The number of hydrogen-bond acceptors (Lipinski definition) is 6. The Balaban J connectivity index is 1.55. The van der Waals surface area contributed by atoms with Crippen LogP contribution in [0.2, 0.25) is 0 Å². The van der Waals surface area contributed by atoms with Crippen LogP contribution in [-0.4, -0.2) is 57.7 Å². The quantitative estimate of drug-likeness (QED) is 0.712. The maximum Gasteiger partial charge on any atom is 0.250 e. The van der Waals surface area contributed by atoms with Gasteiger partial charge in [-0.2, -0.15) is 0 Å². The van der Waals surface area contributed by atoms with Gasteiger partial charge < -0.3 is 9.80 Å². The summed E-state index contributed by atoms with van der Waals surface area (Å²) in [5.74, 6) is -1.01. The van der Waals surface area contributed by atoms with Gasteiger partial charge in [0.15, 0.2) is 5.78 Å². The van der Waals surface area contributed by atoms with E-state index in [4.69, 9.17) is 0 Å². The highest BCUT2D eigenvalue weighted by molar-refractivity contribution is 7.91. The molecule has 2 aromatic rings. The molecule has 0 unspecified atom stereocenters. The van der Waals surface area contributed by atoms with Gasteiger partial charge in [-0.1, -0.05) is 6.07 Å². The number of anilines is 1. The van der Waals surface area contributed by atoms with Crippen molar-refractivity contribution in [2.45, 2.75) is 11.1 Å². The Morgan fingerprint density at radius 1 is 1.18 bits per heavy atom. The predicted molar refractivity (Wildman–Crippen MR) is 105 cm³/mol. The molecule has 1 N–H and O–H groups in total. The third-order valence-corrected chi connectivity index (χ3v) is 7.30. The lowest BCUT2D eigenvalue weighted by Crippen LogP contribution is -2.51. The van der Waals surface area contributed by atoms with Crippen molar-refractivity contribution in [3.8, 4) is 0 Å². The fourth-order valence-electron chi connectivity index (χ4n) is 2.94. The van der Waals surface area contributed by atoms with E-state index in [0.717, 1.165) is 11.3 Å². The highest BCUT2D eigenvalue weighted by Crippen LogP contribution is 2.22. The number of halogens is 1. The van der Waals surface area contributed by atoms with E-state index in [2.05, 4.69) is 4.72 Å². The zero-order chi connectivity index (χ0) is 20.3. The van der Waals surface area contributed by atoms with Gasteiger partial charge in [-0.3, -0.25) is 9.59 Å². The minimum atomic E-state index is -3.69. The van der Waals surface area contributed by atoms with Crippen LogP contribution in [-0.2, 0) is 14.8 Å². The van der Waals surface area contributed by atoms with Crippen molar-refractivity contribution in [1.82, 2.24) is 9.62 Å². The number of hydrogen-bond donors (Lipinski definition) is 1. The van der Waals surface area contributed by atoms with E-state index in [9.17, 15) is 22.4 Å². The summed E-state index contributed by atoms with van der Waals surface area (Å²) in [6.07, 6.45) is 0. The van der Waals surface area contributed by atoms with Crippen molar-refractivity contribution in [1.29, 1.82) is 0 Å². The number of carbonyl (C=O) groups excluding carboxylic acids is 2. The van der Waals surface area contributed by atoms with Crippen molar-refractivity contribution in [2.75, 3.05) is 37.6 Å².